The predicted molar refractivity (Wildman–Crippen MR) is 104 cm³/mol. The third-order valence-electron chi connectivity index (χ3n) is 4.22. The number of rotatable bonds is 6. The van der Waals surface area contributed by atoms with Crippen molar-refractivity contribution in [3.63, 3.8) is 0 Å². The number of amides is 1. The van der Waals surface area contributed by atoms with E-state index in [0.717, 1.165) is 17.7 Å². The zero-order chi connectivity index (χ0) is 19.2. The molecule has 1 aromatic heterocycles. The molecule has 0 aliphatic rings. The Morgan fingerprint density at radius 3 is 2.44 bits per heavy atom. The molecule has 1 heterocycles. The van der Waals surface area contributed by atoms with Crippen LogP contribution in [0, 0.1) is 5.82 Å². The van der Waals surface area contributed by atoms with Gasteiger partial charge in [0.2, 0.25) is 0 Å². The highest BCUT2D eigenvalue weighted by atomic mass is 19.1. The molecule has 0 fully saturated rings. The van der Waals surface area contributed by atoms with Crippen molar-refractivity contribution >= 4 is 17.4 Å². The molecule has 0 unspecified atom stereocenters. The Morgan fingerprint density at radius 1 is 1.07 bits per heavy atom. The largest absolute Gasteiger partial charge is 0.350 e. The fourth-order valence-electron chi connectivity index (χ4n) is 2.47. The highest BCUT2D eigenvalue weighted by Gasteiger charge is 2.08. The van der Waals surface area contributed by atoms with Crippen LogP contribution in [-0.4, -0.2) is 21.9 Å². The maximum atomic E-state index is 13.1. The number of nitrogens with zero attached hydrogens (tertiary/aromatic N) is 2. The van der Waals surface area contributed by atoms with Gasteiger partial charge < -0.3 is 10.6 Å². The highest BCUT2D eigenvalue weighted by Crippen LogP contribution is 2.21. The maximum absolute atomic E-state index is 13.1. The SMILES string of the molecule is CC[C@H](C)NC(=O)c1ccc(Nc2cc(-c3ccc(F)cc3)ncn2)cc1. The van der Waals surface area contributed by atoms with Crippen molar-refractivity contribution in [1.82, 2.24) is 15.3 Å². The molecule has 0 bridgehead atoms. The summed E-state index contributed by atoms with van der Waals surface area (Å²) in [5.41, 5.74) is 2.91. The molecule has 27 heavy (non-hydrogen) atoms. The first kappa shape index (κ1) is 18.5. The summed E-state index contributed by atoms with van der Waals surface area (Å²) in [4.78, 5) is 20.6. The summed E-state index contributed by atoms with van der Waals surface area (Å²) in [6.07, 6.45) is 2.34. The zero-order valence-corrected chi connectivity index (χ0v) is 15.2. The lowest BCUT2D eigenvalue weighted by atomic mass is 10.1. The average Bonchev–Trinajstić information content (AvgIpc) is 2.69. The number of benzene rings is 2. The summed E-state index contributed by atoms with van der Waals surface area (Å²) in [6.45, 7) is 4.00. The van der Waals surface area contributed by atoms with E-state index in [9.17, 15) is 9.18 Å². The molecule has 1 amide bonds. The number of carbonyl (C=O) groups excluding carboxylic acids is 1. The van der Waals surface area contributed by atoms with E-state index in [0.29, 0.717) is 17.1 Å². The molecule has 5 nitrogen and oxygen atoms in total. The summed E-state index contributed by atoms with van der Waals surface area (Å²) >= 11 is 0. The minimum atomic E-state index is -0.288. The standard InChI is InChI=1S/C21H21FN4O/c1-3-14(2)25-21(27)16-6-10-18(11-7-16)26-20-12-19(23-13-24-20)15-4-8-17(22)9-5-15/h4-14H,3H2,1-2H3,(H,25,27)(H,23,24,26)/t14-/m0/s1. The second-order valence-electron chi connectivity index (χ2n) is 6.28. The lowest BCUT2D eigenvalue weighted by Crippen LogP contribution is -2.31. The van der Waals surface area contributed by atoms with Gasteiger partial charge in [0.05, 0.1) is 5.69 Å². The van der Waals surface area contributed by atoms with Crippen molar-refractivity contribution in [3.05, 3.63) is 72.3 Å². The van der Waals surface area contributed by atoms with Crippen molar-refractivity contribution in [3.8, 4) is 11.3 Å². The minimum absolute atomic E-state index is 0.0865. The normalized spacial score (nSPS) is 11.7. The first-order valence-electron chi connectivity index (χ1n) is 8.81. The van der Waals surface area contributed by atoms with Crippen molar-refractivity contribution in [2.24, 2.45) is 0 Å². The van der Waals surface area contributed by atoms with Gasteiger partial charge in [0.1, 0.15) is 18.0 Å². The first-order chi connectivity index (χ1) is 13.0. The van der Waals surface area contributed by atoms with Crippen LogP contribution in [-0.2, 0) is 0 Å². The van der Waals surface area contributed by atoms with E-state index >= 15 is 0 Å². The molecular weight excluding hydrogens is 343 g/mol. The molecule has 0 aliphatic heterocycles. The van der Waals surface area contributed by atoms with Crippen LogP contribution >= 0.6 is 0 Å². The molecule has 2 N–H and O–H groups in total. The topological polar surface area (TPSA) is 66.9 Å². The molecule has 138 valence electrons. The molecule has 0 radical (unpaired) electrons. The van der Waals surface area contributed by atoms with Gasteiger partial charge in [0.25, 0.3) is 5.91 Å². The number of halogens is 1. The predicted octanol–water partition coefficient (Wildman–Crippen LogP) is 4.55. The van der Waals surface area contributed by atoms with Crippen LogP contribution in [0.4, 0.5) is 15.9 Å². The highest BCUT2D eigenvalue weighted by molar-refractivity contribution is 5.94. The number of hydrogen-bond donors (Lipinski definition) is 2. The van der Waals surface area contributed by atoms with Gasteiger partial charge in [-0.1, -0.05) is 6.92 Å². The van der Waals surface area contributed by atoms with Crippen LogP contribution in [0.1, 0.15) is 30.6 Å². The van der Waals surface area contributed by atoms with E-state index < -0.39 is 0 Å². The van der Waals surface area contributed by atoms with Crippen LogP contribution in [0.25, 0.3) is 11.3 Å². The molecular formula is C21H21FN4O. The van der Waals surface area contributed by atoms with Crippen LogP contribution in [0.3, 0.4) is 0 Å². The lowest BCUT2D eigenvalue weighted by Gasteiger charge is -2.12. The van der Waals surface area contributed by atoms with E-state index in [2.05, 4.69) is 20.6 Å². The summed E-state index contributed by atoms with van der Waals surface area (Å²) in [6, 6.07) is 15.2. The molecule has 1 atom stereocenters. The van der Waals surface area contributed by atoms with E-state index in [-0.39, 0.29) is 17.8 Å². The van der Waals surface area contributed by atoms with Crippen LogP contribution < -0.4 is 10.6 Å². The van der Waals surface area contributed by atoms with E-state index in [4.69, 9.17) is 0 Å². The quantitative estimate of drug-likeness (QED) is 0.673. The average molecular weight is 364 g/mol. The number of nitrogens with one attached hydrogen (secondary N) is 2. The van der Waals surface area contributed by atoms with Crippen molar-refractivity contribution in [1.29, 1.82) is 0 Å². The zero-order valence-electron chi connectivity index (χ0n) is 15.2. The van der Waals surface area contributed by atoms with Gasteiger partial charge in [0.15, 0.2) is 0 Å². The molecule has 0 spiro atoms. The van der Waals surface area contributed by atoms with E-state index in [1.165, 1.54) is 18.5 Å². The van der Waals surface area contributed by atoms with Gasteiger partial charge in [-0.3, -0.25) is 4.79 Å². The van der Waals surface area contributed by atoms with Gasteiger partial charge in [0, 0.05) is 28.9 Å². The monoisotopic (exact) mass is 364 g/mol. The third kappa shape index (κ3) is 4.88. The van der Waals surface area contributed by atoms with Crippen LogP contribution in [0.2, 0.25) is 0 Å². The van der Waals surface area contributed by atoms with Gasteiger partial charge in [-0.05, 0) is 61.9 Å². The summed E-state index contributed by atoms with van der Waals surface area (Å²) < 4.78 is 13.1. The molecule has 0 saturated carbocycles. The second-order valence-corrected chi connectivity index (χ2v) is 6.28. The molecule has 0 saturated heterocycles. The van der Waals surface area contributed by atoms with Crippen molar-refractivity contribution < 1.29 is 9.18 Å². The summed E-state index contributed by atoms with van der Waals surface area (Å²) in [7, 11) is 0. The second kappa shape index (κ2) is 8.40. The van der Waals surface area contributed by atoms with Gasteiger partial charge >= 0.3 is 0 Å². The van der Waals surface area contributed by atoms with Gasteiger partial charge in [-0.2, -0.15) is 0 Å². The van der Waals surface area contributed by atoms with E-state index in [1.54, 1.807) is 30.3 Å². The van der Waals surface area contributed by atoms with Gasteiger partial charge in [-0.25, -0.2) is 14.4 Å². The number of hydrogen-bond acceptors (Lipinski definition) is 4. The summed E-state index contributed by atoms with van der Waals surface area (Å²) in [5, 5.41) is 6.12. The Balaban J connectivity index is 1.71. The van der Waals surface area contributed by atoms with Crippen molar-refractivity contribution in [2.75, 3.05) is 5.32 Å². The van der Waals surface area contributed by atoms with Crippen LogP contribution in [0.5, 0.6) is 0 Å². The number of carbonyl (C=O) groups is 1. The molecule has 6 heteroatoms. The van der Waals surface area contributed by atoms with Crippen molar-refractivity contribution in [2.45, 2.75) is 26.3 Å². The number of anilines is 2. The first-order valence-corrected chi connectivity index (χ1v) is 8.81. The third-order valence-corrected chi connectivity index (χ3v) is 4.22. The number of aromatic nitrogens is 2. The maximum Gasteiger partial charge on any atom is 0.251 e. The Kier molecular flexibility index (Phi) is 5.76. The fourth-order valence-corrected chi connectivity index (χ4v) is 2.47. The van der Waals surface area contributed by atoms with Crippen LogP contribution in [0.15, 0.2) is 60.9 Å². The minimum Gasteiger partial charge on any atom is -0.350 e. The van der Waals surface area contributed by atoms with E-state index in [1.807, 2.05) is 26.0 Å². The molecule has 3 aromatic rings. The smallest absolute Gasteiger partial charge is 0.251 e. The van der Waals surface area contributed by atoms with Gasteiger partial charge in [-0.15, -0.1) is 0 Å². The fraction of sp³-hybridized carbons (Fsp3) is 0.190. The molecule has 2 aromatic carbocycles. The Morgan fingerprint density at radius 2 is 1.78 bits per heavy atom. The summed E-state index contributed by atoms with van der Waals surface area (Å²) in [5.74, 6) is 0.237. The Labute approximate surface area is 157 Å². The Hall–Kier alpha value is -3.28. The lowest BCUT2D eigenvalue weighted by molar-refractivity contribution is 0.0939. The molecule has 3 rings (SSSR count). The Bertz CT molecular complexity index is 910. The molecule has 0 aliphatic carbocycles.